The molecule has 5 nitrogen and oxygen atoms in total. The van der Waals surface area contributed by atoms with Gasteiger partial charge in [-0.2, -0.15) is 13.2 Å². The summed E-state index contributed by atoms with van der Waals surface area (Å²) in [5.74, 6) is -0.312. The van der Waals surface area contributed by atoms with Crippen molar-refractivity contribution >= 4 is 17.6 Å². The van der Waals surface area contributed by atoms with Crippen molar-refractivity contribution in [1.29, 1.82) is 0 Å². The van der Waals surface area contributed by atoms with Crippen molar-refractivity contribution < 1.29 is 22.8 Å². The van der Waals surface area contributed by atoms with Gasteiger partial charge in [-0.25, -0.2) is 4.79 Å². The molecule has 3 amide bonds. The highest BCUT2D eigenvalue weighted by atomic mass is 19.4. The first-order valence-corrected chi connectivity index (χ1v) is 8.65. The number of nitrogens with zero attached hydrogens (tertiary/aromatic N) is 1. The second-order valence-corrected chi connectivity index (χ2v) is 6.69. The number of halogens is 3. The number of carbonyl (C=O) groups excluding carboxylic acids is 2. The van der Waals surface area contributed by atoms with E-state index in [1.54, 1.807) is 31.3 Å². The maximum atomic E-state index is 12.6. The van der Waals surface area contributed by atoms with Crippen LogP contribution in [0.2, 0.25) is 0 Å². The number of nitrogens with one attached hydrogen (secondary N) is 2. The van der Waals surface area contributed by atoms with Crippen molar-refractivity contribution in [3.05, 3.63) is 65.2 Å². The Morgan fingerprint density at radius 1 is 1.07 bits per heavy atom. The lowest BCUT2D eigenvalue weighted by atomic mass is 10.1. The minimum absolute atomic E-state index is 0.0281. The van der Waals surface area contributed by atoms with Crippen LogP contribution in [0.3, 0.4) is 0 Å². The first kappa shape index (κ1) is 21.3. The fourth-order valence-corrected chi connectivity index (χ4v) is 2.52. The third-order valence-electron chi connectivity index (χ3n) is 3.83. The monoisotopic (exact) mass is 393 g/mol. The van der Waals surface area contributed by atoms with Crippen molar-refractivity contribution in [3.8, 4) is 0 Å². The van der Waals surface area contributed by atoms with Crippen LogP contribution in [0.4, 0.5) is 23.7 Å². The first-order valence-electron chi connectivity index (χ1n) is 8.65. The summed E-state index contributed by atoms with van der Waals surface area (Å²) in [5, 5.41) is 5.34. The zero-order chi connectivity index (χ0) is 20.9. The molecule has 28 heavy (non-hydrogen) atoms. The van der Waals surface area contributed by atoms with E-state index in [1.165, 1.54) is 17.0 Å². The average Bonchev–Trinajstić information content (AvgIpc) is 2.60. The number of amides is 3. The molecule has 2 aromatic rings. The Hall–Kier alpha value is -3.03. The van der Waals surface area contributed by atoms with Crippen LogP contribution in [0, 0.1) is 0 Å². The summed E-state index contributed by atoms with van der Waals surface area (Å²) in [6, 6.07) is 10.7. The lowest BCUT2D eigenvalue weighted by molar-refractivity contribution is -0.137. The summed E-state index contributed by atoms with van der Waals surface area (Å²) in [5.41, 5.74) is 0.668. The van der Waals surface area contributed by atoms with Crippen LogP contribution in [0.25, 0.3) is 0 Å². The molecule has 150 valence electrons. The van der Waals surface area contributed by atoms with Crippen molar-refractivity contribution in [2.75, 3.05) is 12.4 Å². The van der Waals surface area contributed by atoms with Crippen molar-refractivity contribution in [3.63, 3.8) is 0 Å². The first-order chi connectivity index (χ1) is 13.1. The maximum absolute atomic E-state index is 12.6. The molecule has 0 unspecified atom stereocenters. The zero-order valence-electron chi connectivity index (χ0n) is 15.8. The summed E-state index contributed by atoms with van der Waals surface area (Å²) < 4.78 is 37.9. The van der Waals surface area contributed by atoms with Crippen LogP contribution in [0.5, 0.6) is 0 Å². The van der Waals surface area contributed by atoms with Gasteiger partial charge in [0.2, 0.25) is 0 Å². The number of hydrogen-bond acceptors (Lipinski definition) is 2. The third kappa shape index (κ3) is 6.00. The van der Waals surface area contributed by atoms with Gasteiger partial charge in [0.25, 0.3) is 5.91 Å². The van der Waals surface area contributed by atoms with Gasteiger partial charge in [0.1, 0.15) is 0 Å². The molecule has 2 N–H and O–H groups in total. The molecular weight excluding hydrogens is 371 g/mol. The smallest absolute Gasteiger partial charge is 0.337 e. The number of urea groups is 1. The largest absolute Gasteiger partial charge is 0.416 e. The normalized spacial score (nSPS) is 11.2. The number of anilines is 1. The molecule has 2 rings (SSSR count). The minimum atomic E-state index is -4.39. The Morgan fingerprint density at radius 3 is 2.29 bits per heavy atom. The van der Waals surface area contributed by atoms with Crippen molar-refractivity contribution in [1.82, 2.24) is 10.2 Å². The van der Waals surface area contributed by atoms with E-state index in [-0.39, 0.29) is 24.5 Å². The Balaban J connectivity index is 2.04. The Labute approximate surface area is 161 Å². The fraction of sp³-hybridized carbons (Fsp3) is 0.300. The molecule has 0 saturated carbocycles. The van der Waals surface area contributed by atoms with E-state index in [0.717, 1.165) is 12.1 Å². The van der Waals surface area contributed by atoms with Crippen molar-refractivity contribution in [2.45, 2.75) is 32.6 Å². The lowest BCUT2D eigenvalue weighted by Crippen LogP contribution is -2.34. The predicted octanol–water partition coefficient (Wildman–Crippen LogP) is 4.51. The van der Waals surface area contributed by atoms with Gasteiger partial charge in [-0.3, -0.25) is 4.79 Å². The van der Waals surface area contributed by atoms with Crippen LogP contribution in [-0.4, -0.2) is 29.9 Å². The fourth-order valence-electron chi connectivity index (χ4n) is 2.52. The second kappa shape index (κ2) is 8.77. The molecule has 0 aliphatic rings. The van der Waals surface area contributed by atoms with E-state index in [4.69, 9.17) is 0 Å². The standard InChI is InChI=1S/C20H22F3N3O2/c1-13(2)24-19(28)25-17-6-4-5-15(11-17)18(27)26(3)12-14-7-9-16(10-8-14)20(21,22)23/h4-11,13H,12H2,1-3H3,(H2,24,25,28). The SMILES string of the molecule is CC(C)NC(=O)Nc1cccc(C(=O)N(C)Cc2ccc(C(F)(F)F)cc2)c1. The van der Waals surface area contributed by atoms with E-state index in [0.29, 0.717) is 16.8 Å². The van der Waals surface area contributed by atoms with Crippen LogP contribution >= 0.6 is 0 Å². The molecule has 0 aliphatic heterocycles. The number of benzene rings is 2. The zero-order valence-corrected chi connectivity index (χ0v) is 15.8. The Kier molecular flexibility index (Phi) is 6.66. The van der Waals surface area contributed by atoms with Crippen LogP contribution in [-0.2, 0) is 12.7 Å². The number of rotatable bonds is 5. The Morgan fingerprint density at radius 2 is 1.71 bits per heavy atom. The summed E-state index contributed by atoms with van der Waals surface area (Å²) >= 11 is 0. The van der Waals surface area contributed by atoms with Gasteiger partial charge in [-0.1, -0.05) is 18.2 Å². The highest BCUT2D eigenvalue weighted by Gasteiger charge is 2.30. The quantitative estimate of drug-likeness (QED) is 0.785. The number of hydrogen-bond donors (Lipinski definition) is 2. The van der Waals surface area contributed by atoms with Gasteiger partial charge in [0.05, 0.1) is 5.56 Å². The summed E-state index contributed by atoms with van der Waals surface area (Å²) in [6.07, 6.45) is -4.39. The molecule has 8 heteroatoms. The second-order valence-electron chi connectivity index (χ2n) is 6.69. The summed E-state index contributed by atoms with van der Waals surface area (Å²) in [4.78, 5) is 25.8. The molecule has 0 aromatic heterocycles. The predicted molar refractivity (Wildman–Crippen MR) is 101 cm³/mol. The molecule has 0 bridgehead atoms. The van der Waals surface area contributed by atoms with Gasteiger partial charge < -0.3 is 15.5 Å². The van der Waals surface area contributed by atoms with Gasteiger partial charge in [-0.15, -0.1) is 0 Å². The number of carbonyl (C=O) groups is 2. The highest BCUT2D eigenvalue weighted by molar-refractivity contribution is 5.96. The van der Waals surface area contributed by atoms with Crippen LogP contribution in [0.1, 0.15) is 35.3 Å². The van der Waals surface area contributed by atoms with Crippen LogP contribution < -0.4 is 10.6 Å². The van der Waals surface area contributed by atoms with E-state index in [1.807, 2.05) is 13.8 Å². The average molecular weight is 393 g/mol. The topological polar surface area (TPSA) is 61.4 Å². The van der Waals surface area contributed by atoms with E-state index >= 15 is 0 Å². The number of alkyl halides is 3. The van der Waals surface area contributed by atoms with Crippen molar-refractivity contribution in [2.24, 2.45) is 0 Å². The molecule has 2 aromatic carbocycles. The van der Waals surface area contributed by atoms with Gasteiger partial charge in [0, 0.05) is 30.9 Å². The third-order valence-corrected chi connectivity index (χ3v) is 3.83. The Bertz CT molecular complexity index is 833. The molecule has 0 radical (unpaired) electrons. The molecule has 0 fully saturated rings. The summed E-state index contributed by atoms with van der Waals surface area (Å²) in [6.45, 7) is 3.81. The molecule has 0 saturated heterocycles. The molecule has 0 aliphatic carbocycles. The minimum Gasteiger partial charge on any atom is -0.337 e. The molecule has 0 spiro atoms. The molecular formula is C20H22F3N3O2. The van der Waals surface area contributed by atoms with E-state index < -0.39 is 11.7 Å². The van der Waals surface area contributed by atoms with Gasteiger partial charge in [0.15, 0.2) is 0 Å². The lowest BCUT2D eigenvalue weighted by Gasteiger charge is -2.18. The summed E-state index contributed by atoms with van der Waals surface area (Å²) in [7, 11) is 1.56. The molecule has 0 heterocycles. The van der Waals surface area contributed by atoms with E-state index in [9.17, 15) is 22.8 Å². The van der Waals surface area contributed by atoms with Gasteiger partial charge >= 0.3 is 12.2 Å². The van der Waals surface area contributed by atoms with Gasteiger partial charge in [-0.05, 0) is 49.7 Å². The molecule has 0 atom stereocenters. The van der Waals surface area contributed by atoms with Crippen LogP contribution in [0.15, 0.2) is 48.5 Å². The van der Waals surface area contributed by atoms with E-state index in [2.05, 4.69) is 10.6 Å². The highest BCUT2D eigenvalue weighted by Crippen LogP contribution is 2.29. The maximum Gasteiger partial charge on any atom is 0.416 e.